The number of aromatic nitrogens is 2. The zero-order chi connectivity index (χ0) is 8.48. The number of rotatable bonds is 2. The maximum Gasteiger partial charge on any atom is 0.155 e. The largest absolute Gasteiger partial charge is 0.378 e. The zero-order valence-corrected chi connectivity index (χ0v) is 6.48. The second kappa shape index (κ2) is 2.47. The summed E-state index contributed by atoms with van der Waals surface area (Å²) in [7, 11) is 1.73. The molecule has 4 heteroatoms. The molecule has 60 valence electrons. The van der Waals surface area contributed by atoms with Gasteiger partial charge in [0, 0.05) is 18.8 Å². The van der Waals surface area contributed by atoms with Gasteiger partial charge in [-0.2, -0.15) is 5.10 Å². The van der Waals surface area contributed by atoms with Gasteiger partial charge in [0.1, 0.15) is 5.60 Å². The molecule has 1 rings (SSSR count). The quantitative estimate of drug-likeness (QED) is 0.601. The lowest BCUT2D eigenvalue weighted by atomic mass is 10.0. The standard InChI is InChI=1S/C7H10N2O2/c1-7(11,5-10)6-3-8-9(2)4-6/h3-5,11H,1-2H3. The van der Waals surface area contributed by atoms with Gasteiger partial charge in [0.05, 0.1) is 6.20 Å². The van der Waals surface area contributed by atoms with E-state index in [1.165, 1.54) is 17.8 Å². The first-order valence-corrected chi connectivity index (χ1v) is 3.24. The molecule has 1 heterocycles. The van der Waals surface area contributed by atoms with Crippen LogP contribution >= 0.6 is 0 Å². The van der Waals surface area contributed by atoms with Crippen LogP contribution in [0.2, 0.25) is 0 Å². The number of aliphatic hydroxyl groups is 1. The normalized spacial score (nSPS) is 15.9. The Hall–Kier alpha value is -1.16. The van der Waals surface area contributed by atoms with E-state index in [1.54, 1.807) is 13.2 Å². The molecule has 1 aromatic heterocycles. The number of aryl methyl sites for hydroxylation is 1. The fourth-order valence-electron chi connectivity index (χ4n) is 0.751. The minimum Gasteiger partial charge on any atom is -0.378 e. The number of hydrogen-bond acceptors (Lipinski definition) is 3. The van der Waals surface area contributed by atoms with Crippen LogP contribution in [0.25, 0.3) is 0 Å². The number of aldehydes is 1. The second-order valence-electron chi connectivity index (χ2n) is 2.67. The van der Waals surface area contributed by atoms with Gasteiger partial charge in [-0.3, -0.25) is 9.48 Å². The van der Waals surface area contributed by atoms with Crippen molar-refractivity contribution in [2.75, 3.05) is 0 Å². The Morgan fingerprint density at radius 3 is 2.82 bits per heavy atom. The molecule has 1 unspecified atom stereocenters. The third-order valence-electron chi connectivity index (χ3n) is 1.52. The summed E-state index contributed by atoms with van der Waals surface area (Å²) in [5, 5.41) is 13.2. The van der Waals surface area contributed by atoms with E-state index < -0.39 is 5.60 Å². The highest BCUT2D eigenvalue weighted by Crippen LogP contribution is 2.15. The van der Waals surface area contributed by atoms with Crippen molar-refractivity contribution in [3.63, 3.8) is 0 Å². The van der Waals surface area contributed by atoms with E-state index in [9.17, 15) is 9.90 Å². The first-order chi connectivity index (χ1) is 5.06. The van der Waals surface area contributed by atoms with Crippen LogP contribution in [0.1, 0.15) is 12.5 Å². The lowest BCUT2D eigenvalue weighted by molar-refractivity contribution is -0.123. The number of carbonyl (C=O) groups is 1. The lowest BCUT2D eigenvalue weighted by Crippen LogP contribution is -2.21. The maximum absolute atomic E-state index is 10.3. The summed E-state index contributed by atoms with van der Waals surface area (Å²) in [6.45, 7) is 1.43. The number of nitrogens with zero attached hydrogens (tertiary/aromatic N) is 2. The molecule has 1 atom stereocenters. The van der Waals surface area contributed by atoms with Gasteiger partial charge < -0.3 is 5.11 Å². The average molecular weight is 154 g/mol. The molecule has 0 aliphatic heterocycles. The maximum atomic E-state index is 10.3. The van der Waals surface area contributed by atoms with Crippen molar-refractivity contribution < 1.29 is 9.90 Å². The van der Waals surface area contributed by atoms with Crippen molar-refractivity contribution >= 4 is 6.29 Å². The molecule has 11 heavy (non-hydrogen) atoms. The van der Waals surface area contributed by atoms with Crippen LogP contribution in [0, 0.1) is 0 Å². The van der Waals surface area contributed by atoms with Crippen LogP contribution in [0.3, 0.4) is 0 Å². The van der Waals surface area contributed by atoms with Crippen molar-refractivity contribution in [2.24, 2.45) is 7.05 Å². The summed E-state index contributed by atoms with van der Waals surface area (Å²) in [5.74, 6) is 0. The van der Waals surface area contributed by atoms with Crippen LogP contribution in [-0.2, 0) is 17.4 Å². The summed E-state index contributed by atoms with van der Waals surface area (Å²) >= 11 is 0. The van der Waals surface area contributed by atoms with Crippen molar-refractivity contribution in [1.82, 2.24) is 9.78 Å². The van der Waals surface area contributed by atoms with Gasteiger partial charge in [-0.05, 0) is 6.92 Å². The molecule has 0 fully saturated rings. The zero-order valence-electron chi connectivity index (χ0n) is 6.48. The lowest BCUT2D eigenvalue weighted by Gasteiger charge is -2.11. The molecule has 0 amide bonds. The van der Waals surface area contributed by atoms with Gasteiger partial charge in [-0.15, -0.1) is 0 Å². The predicted octanol–water partition coefficient (Wildman–Crippen LogP) is -0.173. The highest BCUT2D eigenvalue weighted by Gasteiger charge is 2.23. The summed E-state index contributed by atoms with van der Waals surface area (Å²) in [5.41, 5.74) is -0.899. The third kappa shape index (κ3) is 1.46. The number of hydrogen-bond donors (Lipinski definition) is 1. The summed E-state index contributed by atoms with van der Waals surface area (Å²) in [6, 6.07) is 0. The Labute approximate surface area is 64.5 Å². The van der Waals surface area contributed by atoms with Crippen LogP contribution in [0.4, 0.5) is 0 Å². The van der Waals surface area contributed by atoms with Gasteiger partial charge in [0.25, 0.3) is 0 Å². The third-order valence-corrected chi connectivity index (χ3v) is 1.52. The molecule has 0 saturated carbocycles. The minimum absolute atomic E-state index is 0.490. The van der Waals surface area contributed by atoms with Crippen molar-refractivity contribution in [3.8, 4) is 0 Å². The Bertz CT molecular complexity index is 265. The SMILES string of the molecule is Cn1cc(C(C)(O)C=O)cn1. The fourth-order valence-corrected chi connectivity index (χ4v) is 0.751. The van der Waals surface area contributed by atoms with E-state index in [1.807, 2.05) is 0 Å². The minimum atomic E-state index is -1.41. The van der Waals surface area contributed by atoms with Crippen LogP contribution in [-0.4, -0.2) is 21.2 Å². The molecule has 0 aromatic carbocycles. The predicted molar refractivity (Wildman–Crippen MR) is 38.8 cm³/mol. The van der Waals surface area contributed by atoms with E-state index in [0.717, 1.165) is 0 Å². The first-order valence-electron chi connectivity index (χ1n) is 3.24. The van der Waals surface area contributed by atoms with Gasteiger partial charge in [0.2, 0.25) is 0 Å². The van der Waals surface area contributed by atoms with E-state index >= 15 is 0 Å². The highest BCUT2D eigenvalue weighted by molar-refractivity contribution is 5.64. The topological polar surface area (TPSA) is 55.1 Å². The van der Waals surface area contributed by atoms with E-state index in [0.29, 0.717) is 11.8 Å². The molecule has 0 saturated heterocycles. The second-order valence-corrected chi connectivity index (χ2v) is 2.67. The van der Waals surface area contributed by atoms with Gasteiger partial charge in [-0.25, -0.2) is 0 Å². The van der Waals surface area contributed by atoms with Gasteiger partial charge in [0.15, 0.2) is 6.29 Å². The highest BCUT2D eigenvalue weighted by atomic mass is 16.3. The van der Waals surface area contributed by atoms with Gasteiger partial charge >= 0.3 is 0 Å². The summed E-state index contributed by atoms with van der Waals surface area (Å²) in [6.07, 6.45) is 3.56. The Balaban J connectivity index is 3.01. The van der Waals surface area contributed by atoms with E-state index in [2.05, 4.69) is 5.10 Å². The summed E-state index contributed by atoms with van der Waals surface area (Å²) in [4.78, 5) is 10.3. The molecule has 0 radical (unpaired) electrons. The summed E-state index contributed by atoms with van der Waals surface area (Å²) < 4.78 is 1.54. The van der Waals surface area contributed by atoms with Crippen LogP contribution < -0.4 is 0 Å². The smallest absolute Gasteiger partial charge is 0.155 e. The Kier molecular flexibility index (Phi) is 1.78. The fraction of sp³-hybridized carbons (Fsp3) is 0.429. The molecule has 1 aromatic rings. The molecule has 1 N–H and O–H groups in total. The molecule has 0 aliphatic carbocycles. The molecule has 0 spiro atoms. The number of carbonyl (C=O) groups excluding carboxylic acids is 1. The van der Waals surface area contributed by atoms with Crippen molar-refractivity contribution in [1.29, 1.82) is 0 Å². The molecular weight excluding hydrogens is 144 g/mol. The van der Waals surface area contributed by atoms with E-state index in [4.69, 9.17) is 0 Å². The van der Waals surface area contributed by atoms with Crippen LogP contribution in [0.15, 0.2) is 12.4 Å². The van der Waals surface area contributed by atoms with E-state index in [-0.39, 0.29) is 0 Å². The average Bonchev–Trinajstić information content (AvgIpc) is 2.36. The van der Waals surface area contributed by atoms with Crippen molar-refractivity contribution in [3.05, 3.63) is 18.0 Å². The first kappa shape index (κ1) is 7.94. The van der Waals surface area contributed by atoms with Crippen LogP contribution in [0.5, 0.6) is 0 Å². The monoisotopic (exact) mass is 154 g/mol. The van der Waals surface area contributed by atoms with Gasteiger partial charge in [-0.1, -0.05) is 0 Å². The molecular formula is C7H10N2O2. The van der Waals surface area contributed by atoms with Crippen molar-refractivity contribution in [2.45, 2.75) is 12.5 Å². The molecule has 4 nitrogen and oxygen atoms in total. The Morgan fingerprint density at radius 1 is 1.82 bits per heavy atom. The molecule has 0 aliphatic rings. The molecule has 0 bridgehead atoms. The Morgan fingerprint density at radius 2 is 2.45 bits per heavy atom.